The van der Waals surface area contributed by atoms with E-state index in [0.717, 1.165) is 0 Å². The smallest absolute Gasteiger partial charge is 0.420 e. The van der Waals surface area contributed by atoms with Gasteiger partial charge in [-0.25, -0.2) is 4.79 Å². The molecule has 0 aliphatic rings. The normalized spacial score (nSPS) is 12.2. The maximum Gasteiger partial charge on any atom is 0.514 e. The third-order valence-corrected chi connectivity index (χ3v) is 3.84. The standard InChI is InChI=1S/C19H18N4O6/c1-19(2,3)15(17-22-21-16(29-17)12-8-10-20-11-9-12)28-18(24)27-14-6-4-13(5-7-14)23(25)26/h4-11,15H,1-3H3. The van der Waals surface area contributed by atoms with Crippen LogP contribution in [-0.4, -0.2) is 26.3 Å². The summed E-state index contributed by atoms with van der Waals surface area (Å²) in [6.07, 6.45) is 1.32. The number of non-ortho nitro benzene ring substituents is 1. The van der Waals surface area contributed by atoms with Gasteiger partial charge in [0.15, 0.2) is 6.10 Å². The van der Waals surface area contributed by atoms with E-state index in [4.69, 9.17) is 13.9 Å². The maximum absolute atomic E-state index is 12.3. The maximum atomic E-state index is 12.3. The quantitative estimate of drug-likeness (QED) is 0.266. The van der Waals surface area contributed by atoms with Crippen molar-refractivity contribution < 1.29 is 23.6 Å². The number of rotatable bonds is 5. The van der Waals surface area contributed by atoms with Gasteiger partial charge in [-0.05, 0) is 24.3 Å². The fourth-order valence-electron chi connectivity index (χ4n) is 2.40. The van der Waals surface area contributed by atoms with Crippen molar-refractivity contribution in [3.05, 3.63) is 64.8 Å². The molecule has 0 radical (unpaired) electrons. The zero-order valence-electron chi connectivity index (χ0n) is 15.9. The van der Waals surface area contributed by atoms with Gasteiger partial charge in [0, 0.05) is 35.5 Å². The van der Waals surface area contributed by atoms with Crippen LogP contribution in [-0.2, 0) is 4.74 Å². The Balaban J connectivity index is 1.75. The summed E-state index contributed by atoms with van der Waals surface area (Å²) in [5.74, 6) is 0.491. The highest BCUT2D eigenvalue weighted by atomic mass is 16.7. The highest BCUT2D eigenvalue weighted by Gasteiger charge is 2.35. The number of hydrogen-bond acceptors (Lipinski definition) is 9. The van der Waals surface area contributed by atoms with Crippen molar-refractivity contribution in [3.8, 4) is 17.2 Å². The van der Waals surface area contributed by atoms with Gasteiger partial charge in [0.25, 0.3) is 11.6 Å². The summed E-state index contributed by atoms with van der Waals surface area (Å²) in [6, 6.07) is 8.49. The molecule has 3 rings (SSSR count). The molecule has 0 aliphatic heterocycles. The molecule has 0 spiro atoms. The minimum Gasteiger partial charge on any atom is -0.420 e. The minimum atomic E-state index is -0.998. The summed E-state index contributed by atoms with van der Waals surface area (Å²) in [5, 5.41) is 18.7. The predicted molar refractivity (Wildman–Crippen MR) is 99.9 cm³/mol. The van der Waals surface area contributed by atoms with Crippen molar-refractivity contribution in [2.45, 2.75) is 26.9 Å². The average Bonchev–Trinajstić information content (AvgIpc) is 3.16. The molecule has 1 unspecified atom stereocenters. The van der Waals surface area contributed by atoms with Crippen molar-refractivity contribution in [1.82, 2.24) is 15.2 Å². The van der Waals surface area contributed by atoms with Gasteiger partial charge in [0.05, 0.1) is 4.92 Å². The fourth-order valence-corrected chi connectivity index (χ4v) is 2.40. The van der Waals surface area contributed by atoms with Crippen LogP contribution in [0, 0.1) is 15.5 Å². The van der Waals surface area contributed by atoms with E-state index in [9.17, 15) is 14.9 Å². The van der Waals surface area contributed by atoms with Crippen molar-refractivity contribution >= 4 is 11.8 Å². The van der Waals surface area contributed by atoms with Crippen molar-refractivity contribution in [3.63, 3.8) is 0 Å². The summed E-state index contributed by atoms with van der Waals surface area (Å²) in [7, 11) is 0. The second-order valence-corrected chi connectivity index (χ2v) is 7.15. The molecule has 0 N–H and O–H groups in total. The summed E-state index contributed by atoms with van der Waals surface area (Å²) in [5.41, 5.74) is -0.0102. The van der Waals surface area contributed by atoms with Crippen LogP contribution in [0.25, 0.3) is 11.5 Å². The molecule has 150 valence electrons. The Hall–Kier alpha value is -3.82. The lowest BCUT2D eigenvalue weighted by molar-refractivity contribution is -0.384. The molecule has 3 aromatic rings. The topological polar surface area (TPSA) is 130 Å². The van der Waals surface area contributed by atoms with Crippen LogP contribution in [0.3, 0.4) is 0 Å². The molecule has 0 saturated heterocycles. The zero-order chi connectivity index (χ0) is 21.0. The Morgan fingerprint density at radius 2 is 1.76 bits per heavy atom. The molecule has 0 saturated carbocycles. The van der Waals surface area contributed by atoms with Gasteiger partial charge >= 0.3 is 6.16 Å². The van der Waals surface area contributed by atoms with E-state index >= 15 is 0 Å². The first-order valence-electron chi connectivity index (χ1n) is 8.61. The van der Waals surface area contributed by atoms with Gasteiger partial charge in [-0.2, -0.15) is 0 Å². The number of benzene rings is 1. The van der Waals surface area contributed by atoms with Crippen LogP contribution in [0.4, 0.5) is 10.5 Å². The largest absolute Gasteiger partial charge is 0.514 e. The van der Waals surface area contributed by atoms with Gasteiger partial charge in [-0.15, -0.1) is 10.2 Å². The zero-order valence-corrected chi connectivity index (χ0v) is 15.9. The number of aromatic nitrogens is 3. The molecule has 10 nitrogen and oxygen atoms in total. The fraction of sp³-hybridized carbons (Fsp3) is 0.263. The van der Waals surface area contributed by atoms with E-state index in [1.807, 2.05) is 20.8 Å². The lowest BCUT2D eigenvalue weighted by Gasteiger charge is -2.26. The molecule has 2 aromatic heterocycles. The molecule has 29 heavy (non-hydrogen) atoms. The van der Waals surface area contributed by atoms with Crippen molar-refractivity contribution in [2.75, 3.05) is 0 Å². The molecular formula is C19H18N4O6. The molecule has 0 amide bonds. The molecule has 1 atom stereocenters. The van der Waals surface area contributed by atoms with E-state index in [1.165, 1.54) is 24.3 Å². The minimum absolute atomic E-state index is 0.108. The monoisotopic (exact) mass is 398 g/mol. The number of ether oxygens (including phenoxy) is 2. The molecular weight excluding hydrogens is 380 g/mol. The van der Waals surface area contributed by atoms with Crippen LogP contribution in [0.1, 0.15) is 32.8 Å². The number of carbonyl (C=O) groups excluding carboxylic acids is 1. The van der Waals surface area contributed by atoms with Gasteiger partial charge in [0.1, 0.15) is 5.75 Å². The highest BCUT2D eigenvalue weighted by molar-refractivity contribution is 5.64. The lowest BCUT2D eigenvalue weighted by atomic mass is 9.89. The first kappa shape index (κ1) is 19.9. The van der Waals surface area contributed by atoms with Crippen LogP contribution in [0.2, 0.25) is 0 Å². The summed E-state index contributed by atoms with van der Waals surface area (Å²) in [4.78, 5) is 26.3. The van der Waals surface area contributed by atoms with Gasteiger partial charge in [-0.1, -0.05) is 20.8 Å². The van der Waals surface area contributed by atoms with E-state index in [2.05, 4.69) is 15.2 Å². The predicted octanol–water partition coefficient (Wildman–Crippen LogP) is 4.34. The number of pyridine rings is 1. The summed E-state index contributed by atoms with van der Waals surface area (Å²) < 4.78 is 16.2. The first-order valence-corrected chi connectivity index (χ1v) is 8.61. The van der Waals surface area contributed by atoms with E-state index in [0.29, 0.717) is 5.56 Å². The third kappa shape index (κ3) is 4.92. The Kier molecular flexibility index (Phi) is 5.53. The Morgan fingerprint density at radius 1 is 1.10 bits per heavy atom. The van der Waals surface area contributed by atoms with Crippen molar-refractivity contribution in [2.24, 2.45) is 5.41 Å². The number of nitro groups is 1. The molecule has 1 aromatic carbocycles. The van der Waals surface area contributed by atoms with E-state index in [-0.39, 0.29) is 23.2 Å². The first-order chi connectivity index (χ1) is 13.7. The highest BCUT2D eigenvalue weighted by Crippen LogP contribution is 2.36. The van der Waals surface area contributed by atoms with Gasteiger partial charge in [-0.3, -0.25) is 15.1 Å². The lowest BCUT2D eigenvalue weighted by Crippen LogP contribution is -2.26. The van der Waals surface area contributed by atoms with E-state index in [1.54, 1.807) is 24.5 Å². The van der Waals surface area contributed by atoms with Gasteiger partial charge in [0.2, 0.25) is 5.89 Å². The Labute approximate surface area is 165 Å². The second-order valence-electron chi connectivity index (χ2n) is 7.15. The van der Waals surface area contributed by atoms with Crippen LogP contribution in [0.15, 0.2) is 53.2 Å². The number of nitrogens with zero attached hydrogens (tertiary/aromatic N) is 4. The van der Waals surface area contributed by atoms with Crippen molar-refractivity contribution in [1.29, 1.82) is 0 Å². The van der Waals surface area contributed by atoms with E-state index < -0.39 is 22.6 Å². The summed E-state index contributed by atoms with van der Waals surface area (Å²) in [6.45, 7) is 5.52. The molecule has 0 bridgehead atoms. The Morgan fingerprint density at radius 3 is 2.34 bits per heavy atom. The third-order valence-electron chi connectivity index (χ3n) is 3.84. The molecule has 0 fully saturated rings. The molecule has 10 heteroatoms. The van der Waals surface area contributed by atoms with Crippen LogP contribution >= 0.6 is 0 Å². The Bertz CT molecular complexity index is 996. The van der Waals surface area contributed by atoms with Crippen LogP contribution < -0.4 is 4.74 Å². The second kappa shape index (κ2) is 8.05. The summed E-state index contributed by atoms with van der Waals surface area (Å²) >= 11 is 0. The number of hydrogen-bond donors (Lipinski definition) is 0. The van der Waals surface area contributed by atoms with Gasteiger partial charge < -0.3 is 13.9 Å². The number of carbonyl (C=O) groups is 1. The number of nitro benzene ring substituents is 1. The SMILES string of the molecule is CC(C)(C)C(OC(=O)Oc1ccc([N+](=O)[O-])cc1)c1nnc(-c2ccncc2)o1. The average molecular weight is 398 g/mol. The molecule has 2 heterocycles. The van der Waals surface area contributed by atoms with Crippen LogP contribution in [0.5, 0.6) is 5.75 Å². The molecule has 0 aliphatic carbocycles.